The molecule has 4 rings (SSSR count). The summed E-state index contributed by atoms with van der Waals surface area (Å²) >= 11 is 0. The van der Waals surface area contributed by atoms with Gasteiger partial charge in [-0.05, 0) is 43.4 Å². The maximum Gasteiger partial charge on any atom is 0.291 e. The van der Waals surface area contributed by atoms with Crippen molar-refractivity contribution in [3.8, 4) is 5.75 Å². The number of nitrogens with zero attached hydrogens (tertiary/aromatic N) is 3. The number of benzene rings is 1. The molecule has 1 N–H and O–H groups in total. The average Bonchev–Trinajstić information content (AvgIpc) is 3.24. The summed E-state index contributed by atoms with van der Waals surface area (Å²) in [4.78, 5) is 21.5. The number of pyridine rings is 1. The van der Waals surface area contributed by atoms with Gasteiger partial charge >= 0.3 is 0 Å². The first-order chi connectivity index (χ1) is 14.2. The summed E-state index contributed by atoms with van der Waals surface area (Å²) < 4.78 is 11.2. The Morgan fingerprint density at radius 3 is 2.59 bits per heavy atom. The number of piperazine rings is 1. The number of carbonyl (C=O) groups excluding carboxylic acids is 1. The van der Waals surface area contributed by atoms with Gasteiger partial charge in [0.05, 0.1) is 11.9 Å². The molecule has 7 nitrogen and oxygen atoms in total. The lowest BCUT2D eigenvalue weighted by molar-refractivity contribution is 0.0992. The van der Waals surface area contributed by atoms with Crippen molar-refractivity contribution < 1.29 is 13.9 Å². The van der Waals surface area contributed by atoms with Crippen molar-refractivity contribution in [3.05, 3.63) is 72.3 Å². The molecule has 1 saturated heterocycles. The van der Waals surface area contributed by atoms with Crippen LogP contribution < -0.4 is 15.0 Å². The van der Waals surface area contributed by atoms with Crippen LogP contribution in [0.15, 0.2) is 65.2 Å². The number of anilines is 2. The van der Waals surface area contributed by atoms with Crippen molar-refractivity contribution in [3.63, 3.8) is 0 Å². The highest BCUT2D eigenvalue weighted by molar-refractivity contribution is 6.02. The smallest absolute Gasteiger partial charge is 0.291 e. The Hall–Kier alpha value is -3.32. The molecule has 0 radical (unpaired) electrons. The number of hydrogen-bond acceptors (Lipinski definition) is 6. The second-order valence-corrected chi connectivity index (χ2v) is 7.02. The highest BCUT2D eigenvalue weighted by Gasteiger charge is 2.16. The summed E-state index contributed by atoms with van der Waals surface area (Å²) in [5, 5.41) is 2.82. The molecule has 0 aliphatic carbocycles. The number of rotatable bonds is 6. The number of carbonyl (C=O) groups is 1. The highest BCUT2D eigenvalue weighted by atomic mass is 16.5. The fraction of sp³-hybridized carbons (Fsp3) is 0.273. The van der Waals surface area contributed by atoms with E-state index < -0.39 is 0 Å². The van der Waals surface area contributed by atoms with Crippen LogP contribution in [0.1, 0.15) is 16.3 Å². The summed E-state index contributed by atoms with van der Waals surface area (Å²) in [6.45, 7) is 4.22. The first kappa shape index (κ1) is 19.0. The number of aromatic nitrogens is 1. The molecular formula is C22H24N4O3. The summed E-state index contributed by atoms with van der Waals surface area (Å²) in [5.74, 6) is 2.18. The summed E-state index contributed by atoms with van der Waals surface area (Å²) in [5.41, 5.74) is 0.631. The molecule has 1 aromatic carbocycles. The van der Waals surface area contributed by atoms with Crippen molar-refractivity contribution in [2.24, 2.45) is 0 Å². The van der Waals surface area contributed by atoms with E-state index in [2.05, 4.69) is 27.1 Å². The molecule has 0 unspecified atom stereocenters. The average molecular weight is 392 g/mol. The fourth-order valence-corrected chi connectivity index (χ4v) is 3.12. The molecule has 0 saturated carbocycles. The zero-order valence-electron chi connectivity index (χ0n) is 16.4. The minimum Gasteiger partial charge on any atom is -0.486 e. The van der Waals surface area contributed by atoms with E-state index in [9.17, 15) is 4.79 Å². The van der Waals surface area contributed by atoms with Gasteiger partial charge in [0, 0.05) is 26.2 Å². The molecule has 2 aromatic heterocycles. The Kier molecular flexibility index (Phi) is 5.76. The Labute approximate surface area is 169 Å². The summed E-state index contributed by atoms with van der Waals surface area (Å²) in [7, 11) is 2.12. The van der Waals surface area contributed by atoms with Gasteiger partial charge < -0.3 is 24.3 Å². The van der Waals surface area contributed by atoms with Crippen molar-refractivity contribution >= 4 is 17.4 Å². The highest BCUT2D eigenvalue weighted by Crippen LogP contribution is 2.18. The largest absolute Gasteiger partial charge is 0.486 e. The van der Waals surface area contributed by atoms with Crippen LogP contribution in [-0.2, 0) is 6.61 Å². The number of furan rings is 1. The zero-order valence-corrected chi connectivity index (χ0v) is 16.4. The third-order valence-electron chi connectivity index (χ3n) is 4.84. The standard InChI is InChI=1S/C22H24N4O3/c1-25-11-13-26(14-12-25)21-10-7-17(15-23-21)24-22(27)20-9-8-19(29-20)16-28-18-5-3-2-4-6-18/h2-10,15H,11-14,16H2,1H3,(H,24,27). The molecule has 3 aromatic rings. The van der Waals surface area contributed by atoms with Gasteiger partial charge in [-0.1, -0.05) is 18.2 Å². The van der Waals surface area contributed by atoms with Gasteiger partial charge in [-0.25, -0.2) is 4.98 Å². The third-order valence-corrected chi connectivity index (χ3v) is 4.84. The SMILES string of the molecule is CN1CCN(c2ccc(NC(=O)c3ccc(COc4ccccc4)o3)cn2)CC1. The van der Waals surface area contributed by atoms with E-state index in [-0.39, 0.29) is 18.3 Å². The third kappa shape index (κ3) is 4.94. The molecule has 7 heteroatoms. The monoisotopic (exact) mass is 392 g/mol. The summed E-state index contributed by atoms with van der Waals surface area (Å²) in [6.07, 6.45) is 1.67. The Morgan fingerprint density at radius 1 is 1.07 bits per heavy atom. The number of para-hydroxylation sites is 1. The predicted molar refractivity (Wildman–Crippen MR) is 111 cm³/mol. The van der Waals surface area contributed by atoms with Crippen molar-refractivity contribution in [2.75, 3.05) is 43.4 Å². The Balaban J connectivity index is 1.31. The van der Waals surface area contributed by atoms with Gasteiger partial charge in [-0.15, -0.1) is 0 Å². The molecular weight excluding hydrogens is 368 g/mol. The lowest BCUT2D eigenvalue weighted by Crippen LogP contribution is -2.44. The van der Waals surface area contributed by atoms with Gasteiger partial charge in [-0.3, -0.25) is 4.79 Å². The van der Waals surface area contributed by atoms with Crippen molar-refractivity contribution in [1.82, 2.24) is 9.88 Å². The van der Waals surface area contributed by atoms with E-state index in [4.69, 9.17) is 9.15 Å². The molecule has 0 spiro atoms. The number of ether oxygens (including phenoxy) is 1. The quantitative estimate of drug-likeness (QED) is 0.694. The van der Waals surface area contributed by atoms with Crippen LogP contribution in [0.4, 0.5) is 11.5 Å². The van der Waals surface area contributed by atoms with Gasteiger partial charge in [-0.2, -0.15) is 0 Å². The van der Waals surface area contributed by atoms with Gasteiger partial charge in [0.15, 0.2) is 5.76 Å². The van der Waals surface area contributed by atoms with Gasteiger partial charge in [0.1, 0.15) is 23.9 Å². The van der Waals surface area contributed by atoms with Crippen molar-refractivity contribution in [1.29, 1.82) is 0 Å². The molecule has 0 bridgehead atoms. The van der Waals surface area contributed by atoms with E-state index in [1.807, 2.05) is 42.5 Å². The Bertz CT molecular complexity index is 932. The molecule has 1 aliphatic rings. The molecule has 1 fully saturated rings. The molecule has 3 heterocycles. The molecule has 1 aliphatic heterocycles. The minimum atomic E-state index is -0.315. The molecule has 29 heavy (non-hydrogen) atoms. The lowest BCUT2D eigenvalue weighted by Gasteiger charge is -2.33. The number of hydrogen-bond donors (Lipinski definition) is 1. The predicted octanol–water partition coefficient (Wildman–Crippen LogP) is 3.26. The van der Waals surface area contributed by atoms with Gasteiger partial charge in [0.2, 0.25) is 0 Å². The normalized spacial score (nSPS) is 14.6. The maximum absolute atomic E-state index is 12.4. The number of likely N-dealkylation sites (N-methyl/N-ethyl adjacent to an activating group) is 1. The minimum absolute atomic E-state index is 0.236. The molecule has 150 valence electrons. The van der Waals surface area contributed by atoms with Crippen LogP contribution >= 0.6 is 0 Å². The number of nitrogens with one attached hydrogen (secondary N) is 1. The fourth-order valence-electron chi connectivity index (χ4n) is 3.12. The van der Waals surface area contributed by atoms with E-state index in [1.54, 1.807) is 18.3 Å². The van der Waals surface area contributed by atoms with E-state index in [0.717, 1.165) is 37.7 Å². The van der Waals surface area contributed by atoms with Crippen LogP contribution in [0.3, 0.4) is 0 Å². The van der Waals surface area contributed by atoms with Crippen LogP contribution in [0.2, 0.25) is 0 Å². The summed E-state index contributed by atoms with van der Waals surface area (Å²) in [6, 6.07) is 16.7. The van der Waals surface area contributed by atoms with Crippen LogP contribution in [0.25, 0.3) is 0 Å². The van der Waals surface area contributed by atoms with E-state index in [0.29, 0.717) is 11.4 Å². The van der Waals surface area contributed by atoms with Crippen LogP contribution in [0.5, 0.6) is 5.75 Å². The van der Waals surface area contributed by atoms with E-state index >= 15 is 0 Å². The number of amides is 1. The second kappa shape index (κ2) is 8.79. The zero-order chi connectivity index (χ0) is 20.1. The first-order valence-electron chi connectivity index (χ1n) is 9.65. The van der Waals surface area contributed by atoms with Gasteiger partial charge in [0.25, 0.3) is 5.91 Å². The lowest BCUT2D eigenvalue weighted by atomic mass is 10.3. The van der Waals surface area contributed by atoms with Crippen molar-refractivity contribution in [2.45, 2.75) is 6.61 Å². The molecule has 1 amide bonds. The second-order valence-electron chi connectivity index (χ2n) is 7.02. The van der Waals surface area contributed by atoms with Crippen LogP contribution in [0, 0.1) is 0 Å². The first-order valence-corrected chi connectivity index (χ1v) is 9.65. The maximum atomic E-state index is 12.4. The van der Waals surface area contributed by atoms with E-state index in [1.165, 1.54) is 0 Å². The topological polar surface area (TPSA) is 70.8 Å². The Morgan fingerprint density at radius 2 is 1.86 bits per heavy atom. The van der Waals surface area contributed by atoms with Crippen LogP contribution in [-0.4, -0.2) is 49.0 Å². The molecule has 0 atom stereocenters.